The number of hydrogen-bond donors (Lipinski definition) is 3. The fraction of sp³-hybridized carbons (Fsp3) is 0.0588. The molecule has 0 spiro atoms. The molecule has 0 bridgehead atoms. The summed E-state index contributed by atoms with van der Waals surface area (Å²) in [5.41, 5.74) is -0.298. The lowest BCUT2D eigenvalue weighted by Crippen LogP contribution is -2.11. The summed E-state index contributed by atoms with van der Waals surface area (Å²) in [6.07, 6.45) is 0. The first-order chi connectivity index (χ1) is 11.2. The SMILES string of the molecule is Cc1cc(C(=O)c2ccc(C(=O)O)c(C(=O)O)c2)ccc1C(=O)O. The molecule has 0 fully saturated rings. The van der Waals surface area contributed by atoms with Crippen molar-refractivity contribution in [3.63, 3.8) is 0 Å². The molecule has 2 aromatic rings. The number of aryl methyl sites for hydroxylation is 1. The topological polar surface area (TPSA) is 129 Å². The van der Waals surface area contributed by atoms with Gasteiger partial charge < -0.3 is 15.3 Å². The van der Waals surface area contributed by atoms with Crippen LogP contribution in [0.2, 0.25) is 0 Å². The average Bonchev–Trinajstić information content (AvgIpc) is 2.52. The van der Waals surface area contributed by atoms with Crippen molar-refractivity contribution < 1.29 is 34.5 Å². The number of carboxylic acid groups (broad SMARTS) is 3. The molecule has 2 rings (SSSR count). The van der Waals surface area contributed by atoms with Crippen LogP contribution in [0.3, 0.4) is 0 Å². The molecule has 2 aromatic carbocycles. The molecule has 0 saturated heterocycles. The third-order valence-corrected chi connectivity index (χ3v) is 3.46. The molecular weight excluding hydrogens is 316 g/mol. The highest BCUT2D eigenvalue weighted by Crippen LogP contribution is 2.18. The quantitative estimate of drug-likeness (QED) is 0.718. The third kappa shape index (κ3) is 3.14. The van der Waals surface area contributed by atoms with Crippen LogP contribution >= 0.6 is 0 Å². The van der Waals surface area contributed by atoms with E-state index in [4.69, 9.17) is 15.3 Å². The summed E-state index contributed by atoms with van der Waals surface area (Å²) < 4.78 is 0. The van der Waals surface area contributed by atoms with Gasteiger partial charge in [-0.25, -0.2) is 14.4 Å². The second-order valence-electron chi connectivity index (χ2n) is 5.03. The van der Waals surface area contributed by atoms with E-state index in [1.54, 1.807) is 0 Å². The minimum atomic E-state index is -1.46. The Morgan fingerprint density at radius 1 is 0.667 bits per heavy atom. The van der Waals surface area contributed by atoms with Crippen molar-refractivity contribution in [2.45, 2.75) is 6.92 Å². The zero-order valence-corrected chi connectivity index (χ0v) is 12.4. The third-order valence-electron chi connectivity index (χ3n) is 3.46. The first-order valence-electron chi connectivity index (χ1n) is 6.71. The maximum absolute atomic E-state index is 12.4. The zero-order valence-electron chi connectivity index (χ0n) is 12.4. The highest BCUT2D eigenvalue weighted by atomic mass is 16.4. The molecule has 0 aromatic heterocycles. The van der Waals surface area contributed by atoms with Gasteiger partial charge in [-0.05, 0) is 36.8 Å². The minimum Gasteiger partial charge on any atom is -0.478 e. The van der Waals surface area contributed by atoms with Gasteiger partial charge in [-0.15, -0.1) is 0 Å². The van der Waals surface area contributed by atoms with E-state index in [1.165, 1.54) is 31.2 Å². The Labute approximate surface area is 135 Å². The number of hydrogen-bond acceptors (Lipinski definition) is 4. The van der Waals surface area contributed by atoms with Crippen LogP contribution in [-0.2, 0) is 0 Å². The normalized spacial score (nSPS) is 10.2. The largest absolute Gasteiger partial charge is 0.478 e. The molecule has 24 heavy (non-hydrogen) atoms. The highest BCUT2D eigenvalue weighted by Gasteiger charge is 2.20. The number of carboxylic acids is 3. The van der Waals surface area contributed by atoms with Gasteiger partial charge in [0.25, 0.3) is 0 Å². The van der Waals surface area contributed by atoms with E-state index in [1.807, 2.05) is 0 Å². The van der Waals surface area contributed by atoms with E-state index >= 15 is 0 Å². The highest BCUT2D eigenvalue weighted by molar-refractivity contribution is 6.12. The van der Waals surface area contributed by atoms with E-state index in [-0.39, 0.29) is 16.7 Å². The Balaban J connectivity index is 2.49. The molecule has 0 amide bonds. The van der Waals surface area contributed by atoms with Gasteiger partial charge in [0, 0.05) is 11.1 Å². The van der Waals surface area contributed by atoms with Crippen LogP contribution in [0.4, 0.5) is 0 Å². The van der Waals surface area contributed by atoms with Gasteiger partial charge >= 0.3 is 17.9 Å². The predicted octanol–water partition coefficient (Wildman–Crippen LogP) is 2.32. The van der Waals surface area contributed by atoms with Gasteiger partial charge in [0.15, 0.2) is 5.78 Å². The first kappa shape index (κ1) is 16.9. The van der Waals surface area contributed by atoms with Crippen LogP contribution in [-0.4, -0.2) is 39.0 Å². The summed E-state index contributed by atoms with van der Waals surface area (Å²) in [6, 6.07) is 7.26. The smallest absolute Gasteiger partial charge is 0.336 e. The molecule has 7 heteroatoms. The Hall–Kier alpha value is -3.48. The summed E-state index contributed by atoms with van der Waals surface area (Å²) in [4.78, 5) is 45.6. The molecule has 0 saturated carbocycles. The molecule has 122 valence electrons. The van der Waals surface area contributed by atoms with E-state index in [0.717, 1.165) is 12.1 Å². The summed E-state index contributed by atoms with van der Waals surface area (Å²) >= 11 is 0. The molecule has 7 nitrogen and oxygen atoms in total. The van der Waals surface area contributed by atoms with Crippen molar-refractivity contribution in [1.82, 2.24) is 0 Å². The molecule has 3 N–H and O–H groups in total. The molecule has 0 unspecified atom stereocenters. The fourth-order valence-electron chi connectivity index (χ4n) is 2.26. The molecule has 0 aliphatic rings. The molecule has 0 radical (unpaired) electrons. The number of carbonyl (C=O) groups is 4. The van der Waals surface area contributed by atoms with Crippen LogP contribution in [0.15, 0.2) is 36.4 Å². The summed E-state index contributed by atoms with van der Waals surface area (Å²) in [5, 5.41) is 27.1. The first-order valence-corrected chi connectivity index (χ1v) is 6.71. The standard InChI is InChI=1S/C17H12O7/c1-8-6-9(2-4-11(8)15(19)20)14(18)10-3-5-12(16(21)22)13(7-10)17(23)24/h2-7H,1H3,(H,19,20)(H,21,22)(H,23,24). The number of benzene rings is 2. The van der Waals surface area contributed by atoms with E-state index in [2.05, 4.69) is 0 Å². The van der Waals surface area contributed by atoms with Crippen molar-refractivity contribution in [1.29, 1.82) is 0 Å². The summed E-state index contributed by atoms with van der Waals surface area (Å²) in [5.74, 6) is -4.52. The predicted molar refractivity (Wildman–Crippen MR) is 81.9 cm³/mol. The van der Waals surface area contributed by atoms with Crippen molar-refractivity contribution in [3.05, 3.63) is 69.8 Å². The van der Waals surface area contributed by atoms with Crippen LogP contribution in [0.5, 0.6) is 0 Å². The van der Waals surface area contributed by atoms with Crippen LogP contribution < -0.4 is 0 Å². The van der Waals surface area contributed by atoms with Crippen LogP contribution in [0.1, 0.15) is 52.6 Å². The maximum atomic E-state index is 12.4. The summed E-state index contributed by atoms with van der Waals surface area (Å²) in [6.45, 7) is 1.54. The van der Waals surface area contributed by atoms with Gasteiger partial charge in [-0.1, -0.05) is 12.1 Å². The van der Waals surface area contributed by atoms with E-state index in [0.29, 0.717) is 5.56 Å². The molecule has 0 atom stereocenters. The summed E-state index contributed by atoms with van der Waals surface area (Å²) in [7, 11) is 0. The lowest BCUT2D eigenvalue weighted by Gasteiger charge is -2.07. The van der Waals surface area contributed by atoms with Crippen molar-refractivity contribution in [2.24, 2.45) is 0 Å². The van der Waals surface area contributed by atoms with E-state index in [9.17, 15) is 19.2 Å². The second-order valence-corrected chi connectivity index (χ2v) is 5.03. The molecular formula is C17H12O7. The van der Waals surface area contributed by atoms with Crippen LogP contribution in [0.25, 0.3) is 0 Å². The van der Waals surface area contributed by atoms with Crippen molar-refractivity contribution in [2.75, 3.05) is 0 Å². The maximum Gasteiger partial charge on any atom is 0.336 e. The number of rotatable bonds is 5. The van der Waals surface area contributed by atoms with Gasteiger partial charge in [-0.2, -0.15) is 0 Å². The Morgan fingerprint density at radius 2 is 1.12 bits per heavy atom. The Kier molecular flexibility index (Phi) is 4.45. The molecule has 0 aliphatic heterocycles. The zero-order chi connectivity index (χ0) is 18.0. The molecule has 0 aliphatic carbocycles. The second kappa shape index (κ2) is 6.33. The van der Waals surface area contributed by atoms with E-state index < -0.39 is 34.8 Å². The number of carbonyl (C=O) groups excluding carboxylic acids is 1. The minimum absolute atomic E-state index is 0.000116. The van der Waals surface area contributed by atoms with Gasteiger partial charge in [0.05, 0.1) is 16.7 Å². The molecule has 0 heterocycles. The van der Waals surface area contributed by atoms with Crippen molar-refractivity contribution in [3.8, 4) is 0 Å². The Bertz CT molecular complexity index is 881. The lowest BCUT2D eigenvalue weighted by molar-refractivity contribution is 0.0651. The van der Waals surface area contributed by atoms with Gasteiger partial charge in [0.1, 0.15) is 0 Å². The fourth-order valence-corrected chi connectivity index (χ4v) is 2.26. The average molecular weight is 328 g/mol. The van der Waals surface area contributed by atoms with Gasteiger partial charge in [-0.3, -0.25) is 4.79 Å². The van der Waals surface area contributed by atoms with Crippen LogP contribution in [0, 0.1) is 6.92 Å². The number of aromatic carboxylic acids is 3. The monoisotopic (exact) mass is 328 g/mol. The van der Waals surface area contributed by atoms with Crippen molar-refractivity contribution >= 4 is 23.7 Å². The lowest BCUT2D eigenvalue weighted by atomic mass is 9.96. The number of ketones is 1. The van der Waals surface area contributed by atoms with Gasteiger partial charge in [0.2, 0.25) is 0 Å². The Morgan fingerprint density at radius 3 is 1.58 bits per heavy atom.